The number of amides is 3. The molecule has 3 saturated heterocycles. The number of aromatic nitrogens is 3. The highest BCUT2D eigenvalue weighted by atomic mass is 79.9. The Morgan fingerprint density at radius 2 is 1.97 bits per heavy atom. The number of carbonyl (C=O) groups excluding carboxylic acids is 3. The summed E-state index contributed by atoms with van der Waals surface area (Å²) in [7, 11) is 0. The molecule has 4 heterocycles. The van der Waals surface area contributed by atoms with Crippen LogP contribution in [0.1, 0.15) is 45.4 Å². The number of hydrogen-bond acceptors (Lipinski definition) is 7. The summed E-state index contributed by atoms with van der Waals surface area (Å²) in [5.41, 5.74) is 0.434. The third-order valence-corrected chi connectivity index (χ3v) is 8.86. The lowest BCUT2D eigenvalue weighted by atomic mass is 9.70. The standard InChI is InChI=1S/C26H35BrN6O5/c1-2-11-28-23(35)19-20-25(37)32(12-7-3-4-8-13-34)22(26(20)14-16(27)21(19)38-26)24(36)29-15-33-18-10-6-5-9-17(18)30-31-33/h5-6,9-10,16,19-22,34H,2-4,7-8,11-15H2,1H3,(H,28,35)(H,29,36)/t16?,19-,20+,21-,22?,26?/m1/s1. The van der Waals surface area contributed by atoms with Gasteiger partial charge in [0.1, 0.15) is 23.8 Å². The molecule has 0 radical (unpaired) electrons. The van der Waals surface area contributed by atoms with Crippen molar-refractivity contribution in [3.8, 4) is 0 Å². The van der Waals surface area contributed by atoms with Crippen molar-refractivity contribution < 1.29 is 24.2 Å². The molecule has 3 aliphatic heterocycles. The monoisotopic (exact) mass is 590 g/mol. The number of carbonyl (C=O) groups is 3. The molecule has 2 bridgehead atoms. The van der Waals surface area contributed by atoms with E-state index in [0.717, 1.165) is 30.3 Å². The molecular formula is C26H35BrN6O5. The number of para-hydroxylation sites is 1. The number of hydrogen-bond donors (Lipinski definition) is 3. The molecule has 3 aliphatic rings. The molecule has 3 unspecified atom stereocenters. The van der Waals surface area contributed by atoms with E-state index in [-0.39, 0.29) is 35.8 Å². The van der Waals surface area contributed by atoms with Crippen LogP contribution in [0.4, 0.5) is 0 Å². The molecule has 1 spiro atoms. The molecule has 206 valence electrons. The van der Waals surface area contributed by atoms with Gasteiger partial charge in [0.2, 0.25) is 17.7 Å². The molecule has 0 saturated carbocycles. The van der Waals surface area contributed by atoms with Crippen LogP contribution in [0.5, 0.6) is 0 Å². The first-order valence-electron chi connectivity index (χ1n) is 13.5. The van der Waals surface area contributed by atoms with Crippen LogP contribution in [0.2, 0.25) is 0 Å². The Kier molecular flexibility index (Phi) is 8.01. The van der Waals surface area contributed by atoms with E-state index >= 15 is 0 Å². The van der Waals surface area contributed by atoms with E-state index in [1.165, 1.54) is 0 Å². The number of aliphatic hydroxyl groups excluding tert-OH is 1. The van der Waals surface area contributed by atoms with Gasteiger partial charge in [0.05, 0.1) is 23.5 Å². The zero-order valence-corrected chi connectivity index (χ0v) is 23.1. The number of alkyl halides is 1. The Morgan fingerprint density at radius 1 is 1.18 bits per heavy atom. The first-order valence-corrected chi connectivity index (χ1v) is 14.4. The van der Waals surface area contributed by atoms with Crippen LogP contribution in [0, 0.1) is 11.8 Å². The van der Waals surface area contributed by atoms with E-state index in [9.17, 15) is 14.4 Å². The summed E-state index contributed by atoms with van der Waals surface area (Å²) in [6.07, 6.45) is 3.85. The smallest absolute Gasteiger partial charge is 0.247 e. The maximum atomic E-state index is 13.9. The average Bonchev–Trinajstić information content (AvgIpc) is 3.63. The lowest BCUT2D eigenvalue weighted by molar-refractivity contribution is -0.142. The Hall–Kier alpha value is -2.57. The van der Waals surface area contributed by atoms with E-state index in [4.69, 9.17) is 9.84 Å². The molecule has 0 aliphatic carbocycles. The third kappa shape index (κ3) is 4.60. The second-order valence-electron chi connectivity index (χ2n) is 10.4. The van der Waals surface area contributed by atoms with Crippen molar-refractivity contribution in [1.29, 1.82) is 0 Å². The number of rotatable bonds is 12. The van der Waals surface area contributed by atoms with Crippen LogP contribution in [-0.4, -0.2) is 85.0 Å². The molecule has 38 heavy (non-hydrogen) atoms. The number of likely N-dealkylation sites (tertiary alicyclic amines) is 1. The van der Waals surface area contributed by atoms with Crippen molar-refractivity contribution in [2.75, 3.05) is 19.7 Å². The number of unbranched alkanes of at least 4 members (excludes halogenated alkanes) is 3. The molecular weight excluding hydrogens is 556 g/mol. The zero-order chi connectivity index (χ0) is 26.9. The summed E-state index contributed by atoms with van der Waals surface area (Å²) < 4.78 is 8.11. The number of fused-ring (bicyclic) bond motifs is 2. The predicted molar refractivity (Wildman–Crippen MR) is 142 cm³/mol. The maximum absolute atomic E-state index is 13.9. The number of nitrogens with one attached hydrogen (secondary N) is 2. The summed E-state index contributed by atoms with van der Waals surface area (Å²) in [5, 5.41) is 23.3. The van der Waals surface area contributed by atoms with Crippen molar-refractivity contribution in [1.82, 2.24) is 30.5 Å². The molecule has 11 nitrogen and oxygen atoms in total. The lowest BCUT2D eigenvalue weighted by Crippen LogP contribution is -2.56. The highest BCUT2D eigenvalue weighted by Gasteiger charge is 2.76. The summed E-state index contributed by atoms with van der Waals surface area (Å²) in [6, 6.07) is 6.63. The number of ether oxygens (including phenoxy) is 1. The molecule has 12 heteroatoms. The van der Waals surface area contributed by atoms with Gasteiger partial charge < -0.3 is 25.4 Å². The zero-order valence-electron chi connectivity index (χ0n) is 21.5. The van der Waals surface area contributed by atoms with Gasteiger partial charge in [-0.3, -0.25) is 14.4 Å². The van der Waals surface area contributed by atoms with Gasteiger partial charge in [-0.1, -0.05) is 53.0 Å². The second-order valence-corrected chi connectivity index (χ2v) is 11.6. The first-order chi connectivity index (χ1) is 18.4. The Morgan fingerprint density at radius 3 is 2.76 bits per heavy atom. The Bertz CT molecular complexity index is 1190. The highest BCUT2D eigenvalue weighted by molar-refractivity contribution is 9.09. The van der Waals surface area contributed by atoms with Gasteiger partial charge in [-0.25, -0.2) is 4.68 Å². The number of aliphatic hydroxyl groups is 1. The molecule has 2 aromatic rings. The minimum atomic E-state index is -1.08. The van der Waals surface area contributed by atoms with Gasteiger partial charge in [0, 0.05) is 24.5 Å². The lowest BCUT2D eigenvalue weighted by Gasteiger charge is -2.34. The fraction of sp³-hybridized carbons (Fsp3) is 0.654. The largest absolute Gasteiger partial charge is 0.396 e. The van der Waals surface area contributed by atoms with Gasteiger partial charge in [0.15, 0.2) is 0 Å². The topological polar surface area (TPSA) is 139 Å². The molecule has 1 aromatic heterocycles. The van der Waals surface area contributed by atoms with E-state index in [1.807, 2.05) is 31.2 Å². The van der Waals surface area contributed by atoms with Crippen LogP contribution >= 0.6 is 15.9 Å². The van der Waals surface area contributed by atoms with Crippen molar-refractivity contribution in [2.45, 2.75) is 74.7 Å². The fourth-order valence-corrected chi connectivity index (χ4v) is 7.31. The van der Waals surface area contributed by atoms with Crippen molar-refractivity contribution in [3.05, 3.63) is 24.3 Å². The average molecular weight is 592 g/mol. The fourth-order valence-electron chi connectivity index (χ4n) is 6.37. The van der Waals surface area contributed by atoms with Crippen molar-refractivity contribution in [2.24, 2.45) is 11.8 Å². The van der Waals surface area contributed by atoms with Crippen LogP contribution < -0.4 is 10.6 Å². The van der Waals surface area contributed by atoms with E-state index in [1.54, 1.807) is 9.58 Å². The number of benzene rings is 1. The highest BCUT2D eigenvalue weighted by Crippen LogP contribution is 2.60. The quantitative estimate of drug-likeness (QED) is 0.250. The van der Waals surface area contributed by atoms with Crippen LogP contribution in [-0.2, 0) is 25.8 Å². The van der Waals surface area contributed by atoms with Gasteiger partial charge >= 0.3 is 0 Å². The third-order valence-electron chi connectivity index (χ3n) is 8.02. The van der Waals surface area contributed by atoms with Crippen molar-refractivity contribution >= 4 is 44.7 Å². The molecule has 3 fully saturated rings. The second kappa shape index (κ2) is 11.3. The maximum Gasteiger partial charge on any atom is 0.247 e. The summed E-state index contributed by atoms with van der Waals surface area (Å²) in [4.78, 5) is 42.5. The van der Waals surface area contributed by atoms with E-state index in [0.29, 0.717) is 32.4 Å². The van der Waals surface area contributed by atoms with Gasteiger partial charge in [-0.05, 0) is 37.8 Å². The number of halogens is 1. The molecule has 3 N–H and O–H groups in total. The SMILES string of the molecule is CCCNC(=O)[C@H]1[C@@H]2OC3(CC2Br)C(C(=O)NCn2nnc4ccccc42)N(CCCCCCO)C(=O)[C@H]13. The van der Waals surface area contributed by atoms with E-state index < -0.39 is 29.6 Å². The van der Waals surface area contributed by atoms with Gasteiger partial charge in [-0.15, -0.1) is 5.10 Å². The van der Waals surface area contributed by atoms with Gasteiger partial charge in [-0.2, -0.15) is 0 Å². The van der Waals surface area contributed by atoms with Crippen LogP contribution in [0.15, 0.2) is 24.3 Å². The van der Waals surface area contributed by atoms with Gasteiger partial charge in [0.25, 0.3) is 0 Å². The minimum absolute atomic E-state index is 0.0940. The van der Waals surface area contributed by atoms with Crippen molar-refractivity contribution in [3.63, 3.8) is 0 Å². The first kappa shape index (κ1) is 27.0. The van der Waals surface area contributed by atoms with Crippen LogP contribution in [0.3, 0.4) is 0 Å². The predicted octanol–water partition coefficient (Wildman–Crippen LogP) is 1.33. The summed E-state index contributed by atoms with van der Waals surface area (Å²) in [5.74, 6) is -2.08. The number of nitrogens with zero attached hydrogens (tertiary/aromatic N) is 4. The molecule has 6 atom stereocenters. The normalized spacial score (nSPS) is 29.7. The molecule has 3 amide bonds. The Balaban J connectivity index is 1.40. The summed E-state index contributed by atoms with van der Waals surface area (Å²) in [6.45, 7) is 3.11. The molecule has 1 aromatic carbocycles. The van der Waals surface area contributed by atoms with E-state index in [2.05, 4.69) is 36.9 Å². The van der Waals surface area contributed by atoms with Crippen LogP contribution in [0.25, 0.3) is 11.0 Å². The minimum Gasteiger partial charge on any atom is -0.396 e. The Labute approximate surface area is 229 Å². The summed E-state index contributed by atoms with van der Waals surface area (Å²) >= 11 is 3.69. The molecule has 5 rings (SSSR count).